The van der Waals surface area contributed by atoms with Crippen LogP contribution >= 0.6 is 23.6 Å². The van der Waals surface area contributed by atoms with Gasteiger partial charge in [0.1, 0.15) is 5.00 Å². The molecule has 2 aromatic rings. The molecule has 0 amide bonds. The van der Waals surface area contributed by atoms with Gasteiger partial charge in [0.25, 0.3) is 0 Å². The number of methoxy groups -OCH3 is 1. The Morgan fingerprint density at radius 1 is 1.17 bits per heavy atom. The lowest BCUT2D eigenvalue weighted by Crippen LogP contribution is -2.41. The van der Waals surface area contributed by atoms with Crippen molar-refractivity contribution in [2.75, 3.05) is 12.4 Å². The second kappa shape index (κ2) is 9.92. The highest BCUT2D eigenvalue weighted by molar-refractivity contribution is 7.80. The molecule has 1 aliphatic carbocycles. The van der Waals surface area contributed by atoms with Gasteiger partial charge < -0.3 is 15.4 Å². The van der Waals surface area contributed by atoms with Gasteiger partial charge in [0.05, 0.1) is 12.7 Å². The Bertz CT molecular complexity index is 863. The number of thiocarbonyl (C=S) groups is 1. The Balaban J connectivity index is 1.63. The van der Waals surface area contributed by atoms with E-state index in [1.54, 1.807) is 11.3 Å². The standard InChI is InChI=1S/C24H32N2O2S2/c1-24(2,3)17-10-12-18(13-11-17)25-23(29)26-21-20(22(27)28-4)15-19(30-21)14-16-8-6-5-7-9-16/h5-9,15,17-18H,10-14H2,1-4H3,(H2,25,26,29). The highest BCUT2D eigenvalue weighted by Crippen LogP contribution is 2.38. The molecule has 1 fully saturated rings. The molecule has 1 aromatic heterocycles. The SMILES string of the molecule is COC(=O)c1cc(Cc2ccccc2)sc1NC(=S)NC1CCC(C(C)(C)C)CC1. The van der Waals surface area contributed by atoms with Crippen molar-refractivity contribution >= 4 is 39.6 Å². The van der Waals surface area contributed by atoms with E-state index in [0.29, 0.717) is 22.1 Å². The minimum Gasteiger partial charge on any atom is -0.465 e. The van der Waals surface area contributed by atoms with Crippen LogP contribution < -0.4 is 10.6 Å². The Morgan fingerprint density at radius 2 is 1.83 bits per heavy atom. The fourth-order valence-corrected chi connectivity index (χ4v) is 5.53. The zero-order chi connectivity index (χ0) is 21.7. The van der Waals surface area contributed by atoms with E-state index in [4.69, 9.17) is 17.0 Å². The van der Waals surface area contributed by atoms with Gasteiger partial charge in [-0.2, -0.15) is 0 Å². The van der Waals surface area contributed by atoms with E-state index in [1.807, 2.05) is 24.3 Å². The summed E-state index contributed by atoms with van der Waals surface area (Å²) in [6.45, 7) is 6.99. The lowest BCUT2D eigenvalue weighted by atomic mass is 9.71. The summed E-state index contributed by atoms with van der Waals surface area (Å²) in [5, 5.41) is 8.04. The quantitative estimate of drug-likeness (QED) is 0.436. The summed E-state index contributed by atoms with van der Waals surface area (Å²) in [4.78, 5) is 13.4. The Morgan fingerprint density at radius 3 is 2.43 bits per heavy atom. The highest BCUT2D eigenvalue weighted by atomic mass is 32.1. The summed E-state index contributed by atoms with van der Waals surface area (Å²) in [7, 11) is 1.41. The molecule has 0 bridgehead atoms. The van der Waals surface area contributed by atoms with E-state index in [-0.39, 0.29) is 5.97 Å². The molecule has 0 saturated heterocycles. The van der Waals surface area contributed by atoms with E-state index in [1.165, 1.54) is 25.5 Å². The third-order valence-electron chi connectivity index (χ3n) is 5.92. The summed E-state index contributed by atoms with van der Waals surface area (Å²) in [6, 6.07) is 12.5. The van der Waals surface area contributed by atoms with Crippen LogP contribution in [0.4, 0.5) is 5.00 Å². The van der Waals surface area contributed by atoms with Crippen molar-refractivity contribution < 1.29 is 9.53 Å². The van der Waals surface area contributed by atoms with Gasteiger partial charge in [0.2, 0.25) is 0 Å². The molecule has 3 rings (SSSR count). The molecule has 162 valence electrons. The third-order valence-corrected chi connectivity index (χ3v) is 7.19. The Kier molecular flexibility index (Phi) is 7.53. The van der Waals surface area contributed by atoms with Gasteiger partial charge >= 0.3 is 5.97 Å². The number of esters is 1. The van der Waals surface area contributed by atoms with Crippen molar-refractivity contribution in [1.82, 2.24) is 5.32 Å². The number of anilines is 1. The van der Waals surface area contributed by atoms with Crippen LogP contribution in [-0.4, -0.2) is 24.2 Å². The van der Waals surface area contributed by atoms with Crippen molar-refractivity contribution in [3.8, 4) is 0 Å². The number of benzene rings is 1. The Hall–Kier alpha value is -1.92. The molecule has 1 aromatic carbocycles. The number of hydrogen-bond acceptors (Lipinski definition) is 4. The van der Waals surface area contributed by atoms with Gasteiger partial charge in [0.15, 0.2) is 5.11 Å². The molecule has 1 aliphatic rings. The zero-order valence-electron chi connectivity index (χ0n) is 18.3. The number of nitrogens with one attached hydrogen (secondary N) is 2. The van der Waals surface area contributed by atoms with Crippen LogP contribution in [0.2, 0.25) is 0 Å². The maximum atomic E-state index is 12.3. The highest BCUT2D eigenvalue weighted by Gasteiger charge is 2.30. The van der Waals surface area contributed by atoms with E-state index in [2.05, 4.69) is 43.5 Å². The summed E-state index contributed by atoms with van der Waals surface area (Å²) >= 11 is 7.13. The van der Waals surface area contributed by atoms with Crippen LogP contribution in [0.1, 0.15) is 67.3 Å². The van der Waals surface area contributed by atoms with Crippen LogP contribution in [0.25, 0.3) is 0 Å². The molecular weight excluding hydrogens is 412 g/mol. The second-order valence-electron chi connectivity index (χ2n) is 9.12. The van der Waals surface area contributed by atoms with Crippen molar-refractivity contribution in [3.63, 3.8) is 0 Å². The summed E-state index contributed by atoms with van der Waals surface area (Å²) in [5.74, 6) is 0.419. The van der Waals surface area contributed by atoms with Crippen molar-refractivity contribution in [2.45, 2.75) is 58.9 Å². The monoisotopic (exact) mass is 444 g/mol. The predicted octanol–water partition coefficient (Wildman–Crippen LogP) is 6.02. The van der Waals surface area contributed by atoms with Crippen molar-refractivity contribution in [1.29, 1.82) is 0 Å². The average molecular weight is 445 g/mol. The zero-order valence-corrected chi connectivity index (χ0v) is 19.9. The fourth-order valence-electron chi connectivity index (χ4n) is 4.11. The van der Waals surface area contributed by atoms with Gasteiger partial charge in [-0.25, -0.2) is 4.79 Å². The molecule has 1 saturated carbocycles. The van der Waals surface area contributed by atoms with Crippen molar-refractivity contribution in [3.05, 3.63) is 52.4 Å². The van der Waals surface area contributed by atoms with Gasteiger partial charge in [-0.3, -0.25) is 0 Å². The largest absolute Gasteiger partial charge is 0.465 e. The summed E-state index contributed by atoms with van der Waals surface area (Å²) in [5.41, 5.74) is 2.11. The normalized spacial score (nSPS) is 19.2. The molecule has 0 unspecified atom stereocenters. The molecular formula is C24H32N2O2S2. The molecule has 4 nitrogen and oxygen atoms in total. The predicted molar refractivity (Wildman–Crippen MR) is 129 cm³/mol. The van der Waals surface area contributed by atoms with Crippen molar-refractivity contribution in [2.24, 2.45) is 11.3 Å². The van der Waals surface area contributed by atoms with E-state index in [0.717, 1.165) is 35.1 Å². The van der Waals surface area contributed by atoms with E-state index < -0.39 is 0 Å². The number of carbonyl (C=O) groups is 1. The molecule has 6 heteroatoms. The lowest BCUT2D eigenvalue weighted by molar-refractivity contribution is 0.0602. The molecule has 0 aliphatic heterocycles. The second-order valence-corrected chi connectivity index (χ2v) is 10.7. The smallest absolute Gasteiger partial charge is 0.340 e. The average Bonchev–Trinajstić information content (AvgIpc) is 3.09. The van der Waals surface area contributed by atoms with Crippen LogP contribution in [0.15, 0.2) is 36.4 Å². The number of thiophene rings is 1. The number of ether oxygens (including phenoxy) is 1. The van der Waals surface area contributed by atoms with Gasteiger partial charge in [-0.05, 0) is 60.9 Å². The maximum absolute atomic E-state index is 12.3. The number of carbonyl (C=O) groups excluding carboxylic acids is 1. The van der Waals surface area contributed by atoms with Crippen LogP contribution in [0.3, 0.4) is 0 Å². The minimum atomic E-state index is -0.346. The molecule has 30 heavy (non-hydrogen) atoms. The third kappa shape index (κ3) is 6.05. The molecule has 1 heterocycles. The van der Waals surface area contributed by atoms with Crippen LogP contribution in [0, 0.1) is 11.3 Å². The first-order valence-corrected chi connectivity index (χ1v) is 11.8. The number of rotatable bonds is 5. The molecule has 0 spiro atoms. The van der Waals surface area contributed by atoms with Gasteiger partial charge in [0, 0.05) is 17.3 Å². The Labute approximate surface area is 189 Å². The van der Waals surface area contributed by atoms with Crippen LogP contribution in [-0.2, 0) is 11.2 Å². The first-order valence-electron chi connectivity index (χ1n) is 10.6. The van der Waals surface area contributed by atoms with Crippen LogP contribution in [0.5, 0.6) is 0 Å². The topological polar surface area (TPSA) is 50.4 Å². The molecule has 0 atom stereocenters. The summed E-state index contributed by atoms with van der Waals surface area (Å²) < 4.78 is 4.98. The fraction of sp³-hybridized carbons (Fsp3) is 0.500. The van der Waals surface area contributed by atoms with E-state index in [9.17, 15) is 4.79 Å². The van der Waals surface area contributed by atoms with Gasteiger partial charge in [-0.15, -0.1) is 11.3 Å². The lowest BCUT2D eigenvalue weighted by Gasteiger charge is -2.37. The van der Waals surface area contributed by atoms with E-state index >= 15 is 0 Å². The summed E-state index contributed by atoms with van der Waals surface area (Å²) in [6.07, 6.45) is 5.46. The first kappa shape index (κ1) is 22.8. The maximum Gasteiger partial charge on any atom is 0.340 e. The first-order chi connectivity index (χ1) is 14.3. The number of hydrogen-bond donors (Lipinski definition) is 2. The van der Waals surface area contributed by atoms with Gasteiger partial charge in [-0.1, -0.05) is 51.1 Å². The molecule has 2 N–H and O–H groups in total. The molecule has 0 radical (unpaired) electrons. The minimum absolute atomic E-state index is 0.346.